The predicted octanol–water partition coefficient (Wildman–Crippen LogP) is 2.48. The van der Waals surface area contributed by atoms with Crippen molar-refractivity contribution in [3.63, 3.8) is 0 Å². The number of carbonyl (C=O) groups excluding carboxylic acids is 1. The van der Waals surface area contributed by atoms with Crippen LogP contribution < -0.4 is 9.47 Å². The summed E-state index contributed by atoms with van der Waals surface area (Å²) in [5.41, 5.74) is 1.80. The highest BCUT2D eigenvalue weighted by Gasteiger charge is 2.26. The molecule has 0 saturated carbocycles. The van der Waals surface area contributed by atoms with E-state index in [4.69, 9.17) is 9.47 Å². The molecule has 1 amide bonds. The van der Waals surface area contributed by atoms with E-state index in [9.17, 15) is 4.79 Å². The van der Waals surface area contributed by atoms with E-state index in [2.05, 4.69) is 10.2 Å². The number of rotatable bonds is 4. The molecule has 126 valence electrons. The Hall–Kier alpha value is -2.63. The third-order valence-corrected chi connectivity index (χ3v) is 4.04. The van der Waals surface area contributed by atoms with Crippen molar-refractivity contribution in [1.29, 1.82) is 0 Å². The second-order valence-corrected chi connectivity index (χ2v) is 5.92. The fraction of sp³-hybridized carbons (Fsp3) is 0.389. The van der Waals surface area contributed by atoms with Gasteiger partial charge < -0.3 is 14.4 Å². The Bertz CT molecular complexity index is 703. The Kier molecular flexibility index (Phi) is 4.93. The first-order valence-electron chi connectivity index (χ1n) is 8.06. The van der Waals surface area contributed by atoms with Crippen LogP contribution in [0.25, 0.3) is 0 Å². The third kappa shape index (κ3) is 3.82. The van der Waals surface area contributed by atoms with Gasteiger partial charge in [0.1, 0.15) is 6.10 Å². The number of hydrogen-bond donors (Lipinski definition) is 0. The molecule has 1 saturated heterocycles. The third-order valence-electron chi connectivity index (χ3n) is 4.04. The van der Waals surface area contributed by atoms with Crippen molar-refractivity contribution in [3.05, 3.63) is 47.5 Å². The van der Waals surface area contributed by atoms with Crippen LogP contribution in [0.15, 0.2) is 36.4 Å². The van der Waals surface area contributed by atoms with Crippen molar-refractivity contribution in [1.82, 2.24) is 15.1 Å². The van der Waals surface area contributed by atoms with Gasteiger partial charge in [0, 0.05) is 24.2 Å². The standard InChI is InChI=1S/C18H21N3O3/c1-13-5-3-6-14(11-13)18(22)21-10-4-7-15(12-21)24-17-9-8-16(23-2)19-20-17/h3,5-6,8-9,11,15H,4,7,10,12H2,1-2H3. The van der Waals surface area contributed by atoms with E-state index in [-0.39, 0.29) is 12.0 Å². The fourth-order valence-corrected chi connectivity index (χ4v) is 2.83. The summed E-state index contributed by atoms with van der Waals surface area (Å²) in [7, 11) is 1.54. The van der Waals surface area contributed by atoms with E-state index in [0.29, 0.717) is 18.3 Å². The molecule has 0 N–H and O–H groups in total. The number of amides is 1. The monoisotopic (exact) mass is 327 g/mol. The maximum atomic E-state index is 12.7. The minimum absolute atomic E-state index is 0.0489. The number of benzene rings is 1. The summed E-state index contributed by atoms with van der Waals surface area (Å²) < 4.78 is 10.9. The quantitative estimate of drug-likeness (QED) is 0.863. The summed E-state index contributed by atoms with van der Waals surface area (Å²) >= 11 is 0. The van der Waals surface area contributed by atoms with E-state index in [1.165, 1.54) is 0 Å². The number of ether oxygens (including phenoxy) is 2. The molecule has 1 aromatic heterocycles. The summed E-state index contributed by atoms with van der Waals surface area (Å²) in [6.07, 6.45) is 1.73. The Balaban J connectivity index is 1.64. The first kappa shape index (κ1) is 16.2. The molecule has 0 spiro atoms. The molecule has 1 aromatic carbocycles. The number of aryl methyl sites for hydroxylation is 1. The zero-order valence-electron chi connectivity index (χ0n) is 13.9. The minimum atomic E-state index is -0.0739. The number of nitrogens with zero attached hydrogens (tertiary/aromatic N) is 3. The Morgan fingerprint density at radius 1 is 1.21 bits per heavy atom. The Labute approximate surface area is 141 Å². The number of likely N-dealkylation sites (tertiary alicyclic amines) is 1. The molecule has 1 fully saturated rings. The molecular formula is C18H21N3O3. The Morgan fingerprint density at radius 2 is 2.00 bits per heavy atom. The van der Waals surface area contributed by atoms with Gasteiger partial charge in [0.25, 0.3) is 5.91 Å². The predicted molar refractivity (Wildman–Crippen MR) is 89.3 cm³/mol. The molecule has 6 heteroatoms. The van der Waals surface area contributed by atoms with Gasteiger partial charge in [-0.1, -0.05) is 17.7 Å². The second kappa shape index (κ2) is 7.29. The molecule has 0 aliphatic carbocycles. The molecule has 1 aliphatic heterocycles. The lowest BCUT2D eigenvalue weighted by molar-refractivity contribution is 0.0525. The zero-order chi connectivity index (χ0) is 16.9. The number of piperidine rings is 1. The van der Waals surface area contributed by atoms with Gasteiger partial charge in [-0.05, 0) is 31.9 Å². The maximum absolute atomic E-state index is 12.7. The van der Waals surface area contributed by atoms with Crippen LogP contribution in [-0.2, 0) is 0 Å². The van der Waals surface area contributed by atoms with Crippen LogP contribution in [0.5, 0.6) is 11.8 Å². The number of aromatic nitrogens is 2. The molecule has 1 atom stereocenters. The molecule has 1 aliphatic rings. The lowest BCUT2D eigenvalue weighted by Gasteiger charge is -2.32. The van der Waals surface area contributed by atoms with E-state index in [1.54, 1.807) is 19.2 Å². The van der Waals surface area contributed by atoms with Crippen molar-refractivity contribution in [2.45, 2.75) is 25.9 Å². The van der Waals surface area contributed by atoms with Gasteiger partial charge in [0.05, 0.1) is 13.7 Å². The first-order chi connectivity index (χ1) is 11.7. The first-order valence-corrected chi connectivity index (χ1v) is 8.06. The van der Waals surface area contributed by atoms with Crippen molar-refractivity contribution in [2.75, 3.05) is 20.2 Å². The summed E-state index contributed by atoms with van der Waals surface area (Å²) in [6.45, 7) is 3.29. The van der Waals surface area contributed by atoms with Crippen LogP contribution >= 0.6 is 0 Å². The van der Waals surface area contributed by atoms with Crippen LogP contribution in [0.3, 0.4) is 0 Å². The second-order valence-electron chi connectivity index (χ2n) is 5.92. The molecular weight excluding hydrogens is 306 g/mol. The highest BCUT2D eigenvalue weighted by molar-refractivity contribution is 5.94. The number of carbonyl (C=O) groups is 1. The summed E-state index contributed by atoms with van der Waals surface area (Å²) in [5, 5.41) is 7.88. The van der Waals surface area contributed by atoms with E-state index in [1.807, 2.05) is 36.1 Å². The van der Waals surface area contributed by atoms with Gasteiger partial charge in [-0.3, -0.25) is 4.79 Å². The normalized spacial score (nSPS) is 17.4. The van der Waals surface area contributed by atoms with Crippen molar-refractivity contribution < 1.29 is 14.3 Å². The highest BCUT2D eigenvalue weighted by atomic mass is 16.5. The zero-order valence-corrected chi connectivity index (χ0v) is 13.9. The van der Waals surface area contributed by atoms with Crippen molar-refractivity contribution in [2.24, 2.45) is 0 Å². The maximum Gasteiger partial charge on any atom is 0.253 e. The lowest BCUT2D eigenvalue weighted by Crippen LogP contribution is -2.44. The van der Waals surface area contributed by atoms with Gasteiger partial charge in [-0.15, -0.1) is 10.2 Å². The van der Waals surface area contributed by atoms with Crippen LogP contribution in [0.4, 0.5) is 0 Å². The van der Waals surface area contributed by atoms with Crippen molar-refractivity contribution in [3.8, 4) is 11.8 Å². The van der Waals surface area contributed by atoms with E-state index >= 15 is 0 Å². The minimum Gasteiger partial charge on any atom is -0.480 e. The Morgan fingerprint density at radius 3 is 2.71 bits per heavy atom. The largest absolute Gasteiger partial charge is 0.480 e. The lowest BCUT2D eigenvalue weighted by atomic mass is 10.1. The summed E-state index contributed by atoms with van der Waals surface area (Å²) in [6, 6.07) is 11.1. The highest BCUT2D eigenvalue weighted by Crippen LogP contribution is 2.19. The molecule has 0 radical (unpaired) electrons. The van der Waals surface area contributed by atoms with Crippen molar-refractivity contribution >= 4 is 5.91 Å². The molecule has 1 unspecified atom stereocenters. The van der Waals surface area contributed by atoms with Gasteiger partial charge in [-0.2, -0.15) is 0 Å². The van der Waals surface area contributed by atoms with Crippen LogP contribution in [0.2, 0.25) is 0 Å². The topological polar surface area (TPSA) is 64.6 Å². The van der Waals surface area contributed by atoms with Crippen LogP contribution in [0.1, 0.15) is 28.8 Å². The average molecular weight is 327 g/mol. The molecule has 0 bridgehead atoms. The van der Waals surface area contributed by atoms with E-state index < -0.39 is 0 Å². The number of hydrogen-bond acceptors (Lipinski definition) is 5. The summed E-state index contributed by atoms with van der Waals surface area (Å²) in [4.78, 5) is 14.5. The van der Waals surface area contributed by atoms with Crippen LogP contribution in [0, 0.1) is 6.92 Å². The SMILES string of the molecule is COc1ccc(OC2CCCN(C(=O)c3cccc(C)c3)C2)nn1. The molecule has 6 nitrogen and oxygen atoms in total. The van der Waals surface area contributed by atoms with Gasteiger partial charge in [-0.25, -0.2) is 0 Å². The number of methoxy groups -OCH3 is 1. The van der Waals surface area contributed by atoms with E-state index in [0.717, 1.165) is 30.5 Å². The van der Waals surface area contributed by atoms with Crippen LogP contribution in [-0.4, -0.2) is 47.3 Å². The van der Waals surface area contributed by atoms with Gasteiger partial charge >= 0.3 is 0 Å². The molecule has 24 heavy (non-hydrogen) atoms. The molecule has 2 heterocycles. The van der Waals surface area contributed by atoms with Gasteiger partial charge in [0.2, 0.25) is 11.8 Å². The van der Waals surface area contributed by atoms with Gasteiger partial charge in [0.15, 0.2) is 0 Å². The fourth-order valence-electron chi connectivity index (χ4n) is 2.83. The average Bonchev–Trinajstić information content (AvgIpc) is 2.62. The molecule has 3 rings (SSSR count). The molecule has 2 aromatic rings. The smallest absolute Gasteiger partial charge is 0.253 e. The summed E-state index contributed by atoms with van der Waals surface area (Å²) in [5.74, 6) is 0.945.